The second-order valence-electron chi connectivity index (χ2n) is 7.13. The van der Waals surface area contributed by atoms with Gasteiger partial charge in [0, 0.05) is 11.5 Å². The largest absolute Gasteiger partial charge is 0.457 e. The van der Waals surface area contributed by atoms with Crippen LogP contribution in [0.1, 0.15) is 47.0 Å². The van der Waals surface area contributed by atoms with Crippen LogP contribution in [0.15, 0.2) is 34.9 Å². The van der Waals surface area contributed by atoms with Gasteiger partial charge in [0.15, 0.2) is 11.4 Å². The maximum Gasteiger partial charge on any atom is 0.316 e. The molecule has 1 unspecified atom stereocenters. The molecular formula is C20H29ClO5. The SMILES string of the molecule is C=C1/C=C(\C)[C@H](CC)OC(=O)[C@H](C)C(=O)C(O)(CO)C/C(Cl)=C/[C@@H](C)C1. The molecule has 0 fully saturated rings. The molecule has 1 aliphatic heterocycles. The molecule has 1 heterocycles. The third-order valence-corrected chi connectivity index (χ3v) is 4.81. The molecule has 0 bridgehead atoms. The van der Waals surface area contributed by atoms with Crippen molar-refractivity contribution in [3.8, 4) is 0 Å². The summed E-state index contributed by atoms with van der Waals surface area (Å²) in [4.78, 5) is 25.0. The van der Waals surface area contributed by atoms with Crippen LogP contribution >= 0.6 is 11.6 Å². The van der Waals surface area contributed by atoms with Crippen molar-refractivity contribution in [1.82, 2.24) is 0 Å². The van der Waals surface area contributed by atoms with Crippen molar-refractivity contribution in [1.29, 1.82) is 0 Å². The van der Waals surface area contributed by atoms with E-state index in [1.54, 1.807) is 6.08 Å². The van der Waals surface area contributed by atoms with Gasteiger partial charge in [0.2, 0.25) is 0 Å². The van der Waals surface area contributed by atoms with Crippen LogP contribution < -0.4 is 0 Å². The van der Waals surface area contributed by atoms with Gasteiger partial charge in [-0.3, -0.25) is 9.59 Å². The topological polar surface area (TPSA) is 83.8 Å². The fourth-order valence-electron chi connectivity index (χ4n) is 3.06. The summed E-state index contributed by atoms with van der Waals surface area (Å²) < 4.78 is 5.47. The van der Waals surface area contributed by atoms with Crippen LogP contribution in [-0.4, -0.2) is 40.3 Å². The third kappa shape index (κ3) is 5.79. The molecule has 6 heteroatoms. The smallest absolute Gasteiger partial charge is 0.316 e. The van der Waals surface area contributed by atoms with Crippen molar-refractivity contribution < 1.29 is 24.5 Å². The van der Waals surface area contributed by atoms with Gasteiger partial charge < -0.3 is 14.9 Å². The van der Waals surface area contributed by atoms with Crippen LogP contribution in [0.25, 0.3) is 0 Å². The lowest BCUT2D eigenvalue weighted by atomic mass is 9.86. The normalized spacial score (nSPS) is 36.4. The monoisotopic (exact) mass is 384 g/mol. The number of carbonyl (C=O) groups is 2. The molecular weight excluding hydrogens is 356 g/mol. The molecule has 0 aromatic carbocycles. The highest BCUT2D eigenvalue weighted by molar-refractivity contribution is 6.29. The van der Waals surface area contributed by atoms with E-state index in [0.717, 1.165) is 11.1 Å². The second kappa shape index (κ2) is 9.49. The molecule has 0 spiro atoms. The maximum atomic E-state index is 12.6. The van der Waals surface area contributed by atoms with Gasteiger partial charge in [0.1, 0.15) is 12.0 Å². The molecule has 0 aromatic rings. The van der Waals surface area contributed by atoms with Crippen LogP contribution in [0.2, 0.25) is 0 Å². The summed E-state index contributed by atoms with van der Waals surface area (Å²) >= 11 is 6.19. The number of rotatable bonds is 2. The van der Waals surface area contributed by atoms with E-state index in [1.165, 1.54) is 6.92 Å². The standard InChI is InChI=1S/C20H29ClO5/c1-6-17-14(4)8-12(2)7-13(3)9-16(21)10-20(25,11-22)18(23)15(5)19(24)26-17/h8-9,13,15,17,22,25H,2,6-7,10-11H2,1,3-5H3/b14-8+,16-9-/t13-,15+,17-,20?/m0/s1. The van der Waals surface area contributed by atoms with Gasteiger partial charge in [-0.2, -0.15) is 0 Å². The summed E-state index contributed by atoms with van der Waals surface area (Å²) in [6.07, 6.45) is 4.06. The van der Waals surface area contributed by atoms with Gasteiger partial charge in [0.25, 0.3) is 0 Å². The minimum absolute atomic E-state index is 0.0279. The highest BCUT2D eigenvalue weighted by Gasteiger charge is 2.42. The lowest BCUT2D eigenvalue weighted by Gasteiger charge is -2.28. The Hall–Kier alpha value is -1.43. The molecule has 0 saturated carbocycles. The Morgan fingerprint density at radius 1 is 1.38 bits per heavy atom. The number of hydrogen-bond acceptors (Lipinski definition) is 5. The molecule has 1 rings (SSSR count). The van der Waals surface area contributed by atoms with Crippen LogP contribution in [0.3, 0.4) is 0 Å². The molecule has 4 atom stereocenters. The quantitative estimate of drug-likeness (QED) is 0.563. The van der Waals surface area contributed by atoms with Crippen molar-refractivity contribution in [2.75, 3.05) is 6.61 Å². The number of aliphatic hydroxyl groups is 2. The fourth-order valence-corrected chi connectivity index (χ4v) is 3.50. The minimum atomic E-state index is -2.13. The number of halogens is 1. The Kier molecular flexibility index (Phi) is 8.25. The van der Waals surface area contributed by atoms with Crippen molar-refractivity contribution in [3.05, 3.63) is 34.9 Å². The minimum Gasteiger partial charge on any atom is -0.457 e. The average molecular weight is 385 g/mol. The van der Waals surface area contributed by atoms with Gasteiger partial charge in [-0.25, -0.2) is 0 Å². The number of hydrogen-bond donors (Lipinski definition) is 2. The molecule has 0 aromatic heterocycles. The molecule has 26 heavy (non-hydrogen) atoms. The second-order valence-corrected chi connectivity index (χ2v) is 7.61. The Morgan fingerprint density at radius 3 is 2.54 bits per heavy atom. The summed E-state index contributed by atoms with van der Waals surface area (Å²) in [5.41, 5.74) is -0.425. The fraction of sp³-hybridized carbons (Fsp3) is 0.600. The molecule has 0 amide bonds. The van der Waals surface area contributed by atoms with E-state index in [2.05, 4.69) is 6.58 Å². The predicted octanol–water partition coefficient (Wildman–Crippen LogP) is 3.29. The highest BCUT2D eigenvalue weighted by atomic mass is 35.5. The molecule has 0 saturated heterocycles. The van der Waals surface area contributed by atoms with E-state index in [0.29, 0.717) is 12.8 Å². The first-order chi connectivity index (χ1) is 12.0. The Bertz CT molecular complexity index is 622. The van der Waals surface area contributed by atoms with Gasteiger partial charge in [-0.1, -0.05) is 49.8 Å². The Balaban J connectivity index is 3.32. The molecule has 146 valence electrons. The molecule has 0 aliphatic carbocycles. The number of Topliss-reactive ketones (excluding diaryl/α,β-unsaturated/α-hetero) is 1. The van der Waals surface area contributed by atoms with E-state index in [1.807, 2.05) is 26.8 Å². The van der Waals surface area contributed by atoms with Gasteiger partial charge >= 0.3 is 5.97 Å². The van der Waals surface area contributed by atoms with Crippen LogP contribution in [0.5, 0.6) is 0 Å². The number of esters is 1. The van der Waals surface area contributed by atoms with E-state index in [9.17, 15) is 19.8 Å². The Morgan fingerprint density at radius 2 is 2.00 bits per heavy atom. The lowest BCUT2D eigenvalue weighted by Crippen LogP contribution is -2.48. The molecule has 1 aliphatic rings. The highest BCUT2D eigenvalue weighted by Crippen LogP contribution is 2.28. The number of aliphatic hydroxyl groups excluding tert-OH is 1. The Labute approximate surface area is 160 Å². The number of allylic oxidation sites excluding steroid dienone is 3. The predicted molar refractivity (Wildman–Crippen MR) is 102 cm³/mol. The van der Waals surface area contributed by atoms with E-state index >= 15 is 0 Å². The van der Waals surface area contributed by atoms with Gasteiger partial charge in [-0.15, -0.1) is 0 Å². The first-order valence-electron chi connectivity index (χ1n) is 8.84. The molecule has 0 radical (unpaired) electrons. The summed E-state index contributed by atoms with van der Waals surface area (Å²) in [6, 6.07) is 0. The maximum absolute atomic E-state index is 12.6. The van der Waals surface area contributed by atoms with Crippen LogP contribution in [0.4, 0.5) is 0 Å². The van der Waals surface area contributed by atoms with Crippen molar-refractivity contribution in [3.63, 3.8) is 0 Å². The van der Waals surface area contributed by atoms with E-state index in [4.69, 9.17) is 16.3 Å². The summed E-state index contributed by atoms with van der Waals surface area (Å²) in [6.45, 7) is 10.2. The van der Waals surface area contributed by atoms with Gasteiger partial charge in [0.05, 0.1) is 6.61 Å². The van der Waals surface area contributed by atoms with Crippen molar-refractivity contribution in [2.24, 2.45) is 11.8 Å². The number of ether oxygens (including phenoxy) is 1. The summed E-state index contributed by atoms with van der Waals surface area (Å²) in [5, 5.41) is 20.4. The zero-order valence-electron chi connectivity index (χ0n) is 15.9. The van der Waals surface area contributed by atoms with Gasteiger partial charge in [-0.05, 0) is 38.2 Å². The molecule has 5 nitrogen and oxygen atoms in total. The van der Waals surface area contributed by atoms with Crippen molar-refractivity contribution in [2.45, 2.75) is 58.7 Å². The van der Waals surface area contributed by atoms with E-state index in [-0.39, 0.29) is 17.4 Å². The first-order valence-corrected chi connectivity index (χ1v) is 9.22. The average Bonchev–Trinajstić information content (AvgIpc) is 2.56. The summed E-state index contributed by atoms with van der Waals surface area (Å²) in [5.74, 6) is -2.73. The molecule has 2 N–H and O–H groups in total. The first kappa shape index (κ1) is 22.6. The number of ketones is 1. The third-order valence-electron chi connectivity index (χ3n) is 4.55. The zero-order chi connectivity index (χ0) is 20.1. The zero-order valence-corrected chi connectivity index (χ0v) is 16.7. The van der Waals surface area contributed by atoms with Crippen molar-refractivity contribution >= 4 is 23.4 Å². The number of cyclic esters (lactones) is 1. The number of carbonyl (C=O) groups excluding carboxylic acids is 2. The van der Waals surface area contributed by atoms with Crippen LogP contribution in [-0.2, 0) is 14.3 Å². The lowest BCUT2D eigenvalue weighted by molar-refractivity contribution is -0.161. The van der Waals surface area contributed by atoms with E-state index < -0.39 is 36.0 Å². The van der Waals surface area contributed by atoms with Crippen LogP contribution in [0, 0.1) is 11.8 Å². The summed E-state index contributed by atoms with van der Waals surface area (Å²) in [7, 11) is 0.